The van der Waals surface area contributed by atoms with Crippen LogP contribution < -0.4 is 10.5 Å². The maximum Gasteiger partial charge on any atom is 0.417 e. The molecule has 0 radical (unpaired) electrons. The predicted molar refractivity (Wildman–Crippen MR) is 82.9 cm³/mol. The Hall–Kier alpha value is -3.06. The van der Waals surface area contributed by atoms with Gasteiger partial charge in [-0.15, -0.1) is 0 Å². The number of carbonyl (C=O) groups is 1. The lowest BCUT2D eigenvalue weighted by Gasteiger charge is -2.31. The molecular formula is C16H15F3N4O3. The second kappa shape index (κ2) is 6.68. The fourth-order valence-electron chi connectivity index (χ4n) is 2.50. The molecule has 0 bridgehead atoms. The molecule has 2 unspecified atom stereocenters. The number of aliphatic hydroxyl groups is 1. The number of nitrogens with two attached hydrogens (primary N) is 1. The van der Waals surface area contributed by atoms with Crippen molar-refractivity contribution in [3.05, 3.63) is 47.3 Å². The standard InChI is InChI=1S/C16H15F3N4O3/c1-15(25,14(21)24)13(23-8-11(26-2)7-22-23)9-3-4-10(6-20)12(5-9)16(17,18)19/h3-5,7-8,13,25H,1-2H3,(H2,21,24). The van der Waals surface area contributed by atoms with Gasteiger partial charge < -0.3 is 15.6 Å². The van der Waals surface area contributed by atoms with Crippen LogP contribution >= 0.6 is 0 Å². The van der Waals surface area contributed by atoms with Gasteiger partial charge >= 0.3 is 6.18 Å². The second-order valence-electron chi connectivity index (χ2n) is 5.69. The molecule has 1 aromatic carbocycles. The van der Waals surface area contributed by atoms with Crippen LogP contribution in [0.5, 0.6) is 5.75 Å². The average molecular weight is 368 g/mol. The van der Waals surface area contributed by atoms with Gasteiger partial charge in [0.2, 0.25) is 0 Å². The van der Waals surface area contributed by atoms with Crippen LogP contribution in [0.4, 0.5) is 13.2 Å². The zero-order valence-electron chi connectivity index (χ0n) is 13.8. The predicted octanol–water partition coefficient (Wildman–Crippen LogP) is 1.61. The molecule has 138 valence electrons. The molecule has 0 saturated heterocycles. The number of amides is 1. The minimum atomic E-state index is -4.80. The molecule has 0 fully saturated rings. The van der Waals surface area contributed by atoms with Crippen molar-refractivity contribution in [2.45, 2.75) is 24.7 Å². The number of hydrogen-bond donors (Lipinski definition) is 2. The van der Waals surface area contributed by atoms with Gasteiger partial charge in [-0.25, -0.2) is 0 Å². The molecule has 0 aliphatic carbocycles. The number of nitrogens with zero attached hydrogens (tertiary/aromatic N) is 3. The van der Waals surface area contributed by atoms with Gasteiger partial charge in [-0.05, 0) is 24.6 Å². The number of halogens is 3. The van der Waals surface area contributed by atoms with Gasteiger partial charge in [-0.1, -0.05) is 6.07 Å². The Bertz CT molecular complexity index is 868. The highest BCUT2D eigenvalue weighted by Crippen LogP contribution is 2.37. The first kappa shape index (κ1) is 19.3. The van der Waals surface area contributed by atoms with Gasteiger partial charge in [0.15, 0.2) is 11.4 Å². The first-order valence-electron chi connectivity index (χ1n) is 7.24. The molecule has 0 aliphatic rings. The third-order valence-corrected chi connectivity index (χ3v) is 3.89. The van der Waals surface area contributed by atoms with Crippen molar-refractivity contribution < 1.29 is 27.8 Å². The number of alkyl halides is 3. The number of aromatic nitrogens is 2. The number of methoxy groups -OCH3 is 1. The van der Waals surface area contributed by atoms with Crippen LogP contribution in [-0.4, -0.2) is 33.5 Å². The van der Waals surface area contributed by atoms with E-state index >= 15 is 0 Å². The van der Waals surface area contributed by atoms with E-state index in [1.54, 1.807) is 0 Å². The van der Waals surface area contributed by atoms with Crippen molar-refractivity contribution in [2.24, 2.45) is 5.73 Å². The van der Waals surface area contributed by atoms with Gasteiger partial charge in [-0.2, -0.15) is 23.5 Å². The summed E-state index contributed by atoms with van der Waals surface area (Å²) in [7, 11) is 1.35. The highest BCUT2D eigenvalue weighted by Gasteiger charge is 2.42. The lowest BCUT2D eigenvalue weighted by Crippen LogP contribution is -2.48. The first-order chi connectivity index (χ1) is 12.0. The lowest BCUT2D eigenvalue weighted by atomic mass is 9.88. The van der Waals surface area contributed by atoms with Gasteiger partial charge in [0.05, 0.1) is 36.7 Å². The van der Waals surface area contributed by atoms with Crippen LogP contribution in [0.3, 0.4) is 0 Å². The van der Waals surface area contributed by atoms with Gasteiger partial charge in [-0.3, -0.25) is 9.48 Å². The number of benzene rings is 1. The molecule has 26 heavy (non-hydrogen) atoms. The van der Waals surface area contributed by atoms with Crippen molar-refractivity contribution in [1.82, 2.24) is 9.78 Å². The molecule has 1 amide bonds. The van der Waals surface area contributed by atoms with Crippen molar-refractivity contribution in [2.75, 3.05) is 7.11 Å². The van der Waals surface area contributed by atoms with E-state index in [1.807, 2.05) is 0 Å². The number of rotatable bonds is 5. The molecular weight excluding hydrogens is 353 g/mol. The summed E-state index contributed by atoms with van der Waals surface area (Å²) in [4.78, 5) is 11.7. The zero-order valence-corrected chi connectivity index (χ0v) is 13.8. The van der Waals surface area contributed by atoms with E-state index in [1.165, 1.54) is 31.6 Å². The molecule has 0 spiro atoms. The topological polar surface area (TPSA) is 114 Å². The summed E-state index contributed by atoms with van der Waals surface area (Å²) in [5, 5.41) is 23.4. The third-order valence-electron chi connectivity index (χ3n) is 3.89. The van der Waals surface area contributed by atoms with Crippen LogP contribution in [0.15, 0.2) is 30.6 Å². The largest absolute Gasteiger partial charge is 0.493 e. The molecule has 2 aromatic rings. The number of ether oxygens (including phenoxy) is 1. The average Bonchev–Trinajstić information content (AvgIpc) is 3.02. The van der Waals surface area contributed by atoms with E-state index in [2.05, 4.69) is 5.10 Å². The summed E-state index contributed by atoms with van der Waals surface area (Å²) < 4.78 is 45.8. The van der Waals surface area contributed by atoms with Crippen LogP contribution in [-0.2, 0) is 11.0 Å². The monoisotopic (exact) mass is 368 g/mol. The maximum absolute atomic E-state index is 13.2. The summed E-state index contributed by atoms with van der Waals surface area (Å²) in [5.74, 6) is -0.894. The normalized spacial score (nSPS) is 15.0. The van der Waals surface area contributed by atoms with Gasteiger partial charge in [0.1, 0.15) is 6.04 Å². The minimum Gasteiger partial charge on any atom is -0.493 e. The van der Waals surface area contributed by atoms with E-state index in [0.29, 0.717) is 6.07 Å². The zero-order chi connectivity index (χ0) is 19.7. The van der Waals surface area contributed by atoms with Crippen molar-refractivity contribution in [3.8, 4) is 11.8 Å². The number of primary amides is 1. The third kappa shape index (κ3) is 3.48. The molecule has 10 heteroatoms. The van der Waals surface area contributed by atoms with E-state index in [-0.39, 0.29) is 11.3 Å². The Morgan fingerprint density at radius 2 is 2.12 bits per heavy atom. The quantitative estimate of drug-likeness (QED) is 0.832. The highest BCUT2D eigenvalue weighted by atomic mass is 19.4. The van der Waals surface area contributed by atoms with Crippen LogP contribution in [0.1, 0.15) is 29.7 Å². The van der Waals surface area contributed by atoms with Crippen molar-refractivity contribution >= 4 is 5.91 Å². The molecule has 2 rings (SSSR count). The molecule has 3 N–H and O–H groups in total. The summed E-state index contributed by atoms with van der Waals surface area (Å²) in [6.07, 6.45) is -2.24. The van der Waals surface area contributed by atoms with E-state index in [0.717, 1.165) is 17.7 Å². The SMILES string of the molecule is COc1cnn(C(c2ccc(C#N)c(C(F)(F)F)c2)C(C)(O)C(N)=O)c1. The number of carbonyl (C=O) groups excluding carboxylic acids is 1. The Kier molecular flexibility index (Phi) is 4.95. The summed E-state index contributed by atoms with van der Waals surface area (Å²) in [6.45, 7) is 1.07. The Morgan fingerprint density at radius 3 is 2.58 bits per heavy atom. The molecule has 0 saturated carbocycles. The van der Waals surface area contributed by atoms with E-state index in [4.69, 9.17) is 15.7 Å². The summed E-state index contributed by atoms with van der Waals surface area (Å²) in [6, 6.07) is 2.94. The number of nitriles is 1. The summed E-state index contributed by atoms with van der Waals surface area (Å²) >= 11 is 0. The van der Waals surface area contributed by atoms with E-state index < -0.39 is 34.9 Å². The highest BCUT2D eigenvalue weighted by molar-refractivity contribution is 5.84. The van der Waals surface area contributed by atoms with E-state index in [9.17, 15) is 23.1 Å². The fraction of sp³-hybridized carbons (Fsp3) is 0.312. The van der Waals surface area contributed by atoms with Crippen LogP contribution in [0.25, 0.3) is 0 Å². The fourth-order valence-corrected chi connectivity index (χ4v) is 2.50. The lowest BCUT2D eigenvalue weighted by molar-refractivity contribution is -0.138. The minimum absolute atomic E-state index is 0.106. The van der Waals surface area contributed by atoms with Crippen molar-refractivity contribution in [1.29, 1.82) is 5.26 Å². The Morgan fingerprint density at radius 1 is 1.46 bits per heavy atom. The smallest absolute Gasteiger partial charge is 0.417 e. The van der Waals surface area contributed by atoms with Gasteiger partial charge in [0.25, 0.3) is 5.91 Å². The maximum atomic E-state index is 13.2. The Balaban J connectivity index is 2.71. The van der Waals surface area contributed by atoms with Crippen molar-refractivity contribution in [3.63, 3.8) is 0 Å². The molecule has 1 aromatic heterocycles. The molecule has 0 aliphatic heterocycles. The molecule has 2 atom stereocenters. The van der Waals surface area contributed by atoms with Crippen LogP contribution in [0.2, 0.25) is 0 Å². The van der Waals surface area contributed by atoms with Crippen LogP contribution in [0, 0.1) is 11.3 Å². The first-order valence-corrected chi connectivity index (χ1v) is 7.24. The Labute approximate surface area is 146 Å². The summed E-state index contributed by atoms with van der Waals surface area (Å²) in [5.41, 5.74) is 1.07. The molecule has 7 nitrogen and oxygen atoms in total. The second-order valence-corrected chi connectivity index (χ2v) is 5.69. The number of hydrogen-bond acceptors (Lipinski definition) is 5. The van der Waals surface area contributed by atoms with Gasteiger partial charge in [0, 0.05) is 0 Å². The molecule has 1 heterocycles.